The summed E-state index contributed by atoms with van der Waals surface area (Å²) in [6.07, 6.45) is 8.98. The van der Waals surface area contributed by atoms with Gasteiger partial charge >= 0.3 is 0 Å². The maximum absolute atomic E-state index is 6.28. The molecule has 6 N–H and O–H groups in total. The third kappa shape index (κ3) is 3.38. The lowest BCUT2D eigenvalue weighted by Crippen LogP contribution is -2.07. The molecule has 0 amide bonds. The van der Waals surface area contributed by atoms with Gasteiger partial charge in [-0.25, -0.2) is 15.0 Å². The Labute approximate surface area is 243 Å². The molecule has 0 atom stereocenters. The number of aromatic nitrogens is 5. The molecule has 7 nitrogen and oxygen atoms in total. The maximum Gasteiger partial charge on any atom is 0.107 e. The topological polar surface area (TPSA) is 122 Å². The lowest BCUT2D eigenvalue weighted by atomic mass is 10.0. The number of hydrogen-bond donors (Lipinski definition) is 4. The fourth-order valence-corrected chi connectivity index (χ4v) is 7.87. The molecular formula is C35H33N7. The standard InChI is InChI=1S/C35H33N7/c36-34-16-32(34,17-34)11-9-30-39-26-7-2-21(14-28(26)41-30)20-1-5-24-22(13-20)3-6-25(38-24)23-4-8-27-29(15-23)42-31(40-27)10-12-33-18-35(33,37)19-33/h1-8,13-15H,9-12,16-19,36-37H2,(H,39,41)(H,40,42). The first-order valence-electron chi connectivity index (χ1n) is 15.3. The zero-order valence-corrected chi connectivity index (χ0v) is 23.5. The van der Waals surface area contributed by atoms with Gasteiger partial charge in [0, 0.05) is 34.9 Å². The molecular weight excluding hydrogens is 518 g/mol. The van der Waals surface area contributed by atoms with Crippen molar-refractivity contribution in [3.8, 4) is 22.4 Å². The van der Waals surface area contributed by atoms with E-state index in [1.807, 2.05) is 0 Å². The number of rotatable bonds is 8. The first kappa shape index (κ1) is 23.5. The highest BCUT2D eigenvalue weighted by atomic mass is 15.1. The van der Waals surface area contributed by atoms with E-state index in [-0.39, 0.29) is 11.1 Å². The first-order valence-corrected chi connectivity index (χ1v) is 15.3. The van der Waals surface area contributed by atoms with Gasteiger partial charge in [0.15, 0.2) is 0 Å². The predicted molar refractivity (Wildman–Crippen MR) is 166 cm³/mol. The summed E-state index contributed by atoms with van der Waals surface area (Å²) in [5.41, 5.74) is 23.3. The predicted octanol–water partition coefficient (Wildman–Crippen LogP) is 6.17. The molecule has 6 aromatic rings. The van der Waals surface area contributed by atoms with Crippen molar-refractivity contribution in [2.45, 2.75) is 62.4 Å². The van der Waals surface area contributed by atoms with Gasteiger partial charge in [-0.15, -0.1) is 0 Å². The van der Waals surface area contributed by atoms with Gasteiger partial charge in [-0.1, -0.05) is 24.3 Å². The fraction of sp³-hybridized carbons (Fsp3) is 0.343. The van der Waals surface area contributed by atoms with E-state index in [1.165, 1.54) is 36.8 Å². The smallest absolute Gasteiger partial charge is 0.107 e. The van der Waals surface area contributed by atoms with Crippen LogP contribution in [0.25, 0.3) is 55.4 Å². The number of imidazole rings is 2. The van der Waals surface area contributed by atoms with Crippen molar-refractivity contribution in [3.63, 3.8) is 0 Å². The van der Waals surface area contributed by atoms with Crippen LogP contribution in [0.4, 0.5) is 0 Å². The van der Waals surface area contributed by atoms with Crippen molar-refractivity contribution in [2.24, 2.45) is 22.3 Å². The number of H-pyrrole nitrogens is 2. The van der Waals surface area contributed by atoms with E-state index >= 15 is 0 Å². The Kier molecular flexibility index (Phi) is 4.17. The van der Waals surface area contributed by atoms with Crippen molar-refractivity contribution in [3.05, 3.63) is 78.4 Å². The second-order valence-electron chi connectivity index (χ2n) is 14.0. The molecule has 4 aliphatic rings. The summed E-state index contributed by atoms with van der Waals surface area (Å²) in [6, 6.07) is 23.7. The van der Waals surface area contributed by atoms with E-state index in [9.17, 15) is 0 Å². The Bertz CT molecular complexity index is 1950. The average Bonchev–Trinajstić information content (AvgIpc) is 3.86. The van der Waals surface area contributed by atoms with Crippen LogP contribution in [0.5, 0.6) is 0 Å². The van der Waals surface area contributed by atoms with E-state index in [2.05, 4.69) is 76.7 Å². The number of aromatic amines is 2. The molecule has 0 saturated heterocycles. The first-order chi connectivity index (χ1) is 20.3. The van der Waals surface area contributed by atoms with Gasteiger partial charge in [-0.2, -0.15) is 0 Å². The van der Waals surface area contributed by atoms with Crippen molar-refractivity contribution < 1.29 is 0 Å². The minimum absolute atomic E-state index is 0.163. The Morgan fingerprint density at radius 1 is 0.571 bits per heavy atom. The van der Waals surface area contributed by atoms with Gasteiger partial charge in [-0.05, 0) is 103 Å². The van der Waals surface area contributed by atoms with Crippen LogP contribution < -0.4 is 11.5 Å². The van der Waals surface area contributed by atoms with Gasteiger partial charge < -0.3 is 21.4 Å². The largest absolute Gasteiger partial charge is 0.342 e. The second kappa shape index (κ2) is 7.46. The monoisotopic (exact) mass is 551 g/mol. The summed E-state index contributed by atoms with van der Waals surface area (Å²) in [4.78, 5) is 21.8. The molecule has 3 aromatic carbocycles. The van der Waals surface area contributed by atoms with Crippen LogP contribution in [0.15, 0.2) is 66.7 Å². The van der Waals surface area contributed by atoms with Crippen LogP contribution in [-0.4, -0.2) is 36.0 Å². The fourth-order valence-electron chi connectivity index (χ4n) is 7.87. The summed E-state index contributed by atoms with van der Waals surface area (Å²) in [6.45, 7) is 0. The molecule has 4 aliphatic carbocycles. The highest BCUT2D eigenvalue weighted by Crippen LogP contribution is 2.79. The molecule has 42 heavy (non-hydrogen) atoms. The average molecular weight is 552 g/mol. The van der Waals surface area contributed by atoms with Gasteiger partial charge in [0.25, 0.3) is 0 Å². The summed E-state index contributed by atoms with van der Waals surface area (Å²) in [7, 11) is 0. The van der Waals surface area contributed by atoms with Crippen molar-refractivity contribution in [2.75, 3.05) is 0 Å². The number of pyridine rings is 1. The van der Waals surface area contributed by atoms with Crippen LogP contribution in [0.3, 0.4) is 0 Å². The van der Waals surface area contributed by atoms with E-state index < -0.39 is 0 Å². The Morgan fingerprint density at radius 3 is 1.64 bits per heavy atom. The number of nitrogens with one attached hydrogen (secondary N) is 2. The lowest BCUT2D eigenvalue weighted by molar-refractivity contribution is 0.576. The van der Waals surface area contributed by atoms with Crippen LogP contribution in [0.1, 0.15) is 50.2 Å². The van der Waals surface area contributed by atoms with Crippen molar-refractivity contribution in [1.82, 2.24) is 24.9 Å². The number of hydrogen-bond acceptors (Lipinski definition) is 5. The van der Waals surface area contributed by atoms with Crippen LogP contribution in [-0.2, 0) is 12.8 Å². The summed E-state index contributed by atoms with van der Waals surface area (Å²) < 4.78 is 0. The third-order valence-electron chi connectivity index (χ3n) is 11.3. The number of aryl methyl sites for hydroxylation is 2. The van der Waals surface area contributed by atoms with Crippen molar-refractivity contribution >= 4 is 33.0 Å². The molecule has 0 unspecified atom stereocenters. The van der Waals surface area contributed by atoms with Gasteiger partial charge in [0.2, 0.25) is 0 Å². The Morgan fingerprint density at radius 2 is 1.07 bits per heavy atom. The van der Waals surface area contributed by atoms with E-state index in [0.717, 1.165) is 81.6 Å². The number of nitrogens with two attached hydrogens (primary N) is 2. The highest BCUT2D eigenvalue weighted by molar-refractivity contribution is 5.89. The van der Waals surface area contributed by atoms with Crippen LogP contribution in [0, 0.1) is 10.8 Å². The van der Waals surface area contributed by atoms with Gasteiger partial charge in [0.05, 0.1) is 33.3 Å². The van der Waals surface area contributed by atoms with Gasteiger partial charge in [-0.3, -0.25) is 0 Å². The Hall–Kier alpha value is -4.07. The van der Waals surface area contributed by atoms with Crippen LogP contribution in [0.2, 0.25) is 0 Å². The zero-order chi connectivity index (χ0) is 27.9. The molecule has 4 fully saturated rings. The van der Waals surface area contributed by atoms with E-state index in [4.69, 9.17) is 26.4 Å². The quantitative estimate of drug-likeness (QED) is 0.180. The van der Waals surface area contributed by atoms with Crippen molar-refractivity contribution in [1.29, 1.82) is 0 Å². The lowest BCUT2D eigenvalue weighted by Gasteiger charge is -2.07. The highest BCUT2D eigenvalue weighted by Gasteiger charge is 2.80. The normalized spacial score (nSPS) is 30.0. The second-order valence-corrected chi connectivity index (χ2v) is 14.0. The summed E-state index contributed by atoms with van der Waals surface area (Å²) in [5.74, 6) is 2.12. The minimum Gasteiger partial charge on any atom is -0.342 e. The number of fused-ring (bicyclic) bond motifs is 5. The Balaban J connectivity index is 0.888. The summed E-state index contributed by atoms with van der Waals surface area (Å²) in [5, 5.41) is 1.13. The third-order valence-corrected chi connectivity index (χ3v) is 11.3. The molecule has 0 radical (unpaired) electrons. The number of nitrogens with zero attached hydrogens (tertiary/aromatic N) is 3. The maximum atomic E-state index is 6.28. The molecule has 3 heterocycles. The van der Waals surface area contributed by atoms with E-state index in [0.29, 0.717) is 10.8 Å². The number of benzene rings is 3. The molecule has 0 spiro atoms. The molecule has 0 aliphatic heterocycles. The van der Waals surface area contributed by atoms with Gasteiger partial charge in [0.1, 0.15) is 11.6 Å². The summed E-state index contributed by atoms with van der Waals surface area (Å²) >= 11 is 0. The van der Waals surface area contributed by atoms with E-state index in [1.54, 1.807) is 0 Å². The molecule has 7 heteroatoms. The molecule has 10 rings (SSSR count). The molecule has 0 bridgehead atoms. The zero-order valence-electron chi connectivity index (χ0n) is 23.5. The molecule has 208 valence electrons. The minimum atomic E-state index is 0.163. The molecule has 4 saturated carbocycles. The molecule has 3 aromatic heterocycles. The van der Waals surface area contributed by atoms with Crippen LogP contribution >= 0.6 is 0 Å². The SMILES string of the molecule is NC12CC1(CCc1nc3ccc(-c4ccc5nc(-c6ccc7nc(CCC89CC8(N)C9)[nH]c7c6)ccc5c4)cc3[nH]1)C2.